The average molecular weight is 260 g/mol. The van der Waals surface area contributed by atoms with Crippen LogP contribution in [0.4, 0.5) is 0 Å². The summed E-state index contributed by atoms with van der Waals surface area (Å²) < 4.78 is 5.21. The summed E-state index contributed by atoms with van der Waals surface area (Å²) in [7, 11) is 1.76. The van der Waals surface area contributed by atoms with Crippen LogP contribution in [0.15, 0.2) is 24.3 Å². The average Bonchev–Trinajstić information content (AvgIpc) is 3.21. The highest BCUT2D eigenvalue weighted by molar-refractivity contribution is 5.32. The lowest BCUT2D eigenvalue weighted by Gasteiger charge is -2.27. The number of hydrogen-bond acceptors (Lipinski definition) is 3. The van der Waals surface area contributed by atoms with Gasteiger partial charge in [0.2, 0.25) is 0 Å². The highest BCUT2D eigenvalue weighted by atomic mass is 16.5. The van der Waals surface area contributed by atoms with Gasteiger partial charge in [0.25, 0.3) is 0 Å². The van der Waals surface area contributed by atoms with Gasteiger partial charge < -0.3 is 10.5 Å². The van der Waals surface area contributed by atoms with E-state index in [1.807, 2.05) is 0 Å². The Labute approximate surface area is 115 Å². The van der Waals surface area contributed by atoms with E-state index in [1.165, 1.54) is 24.0 Å². The van der Waals surface area contributed by atoms with E-state index < -0.39 is 0 Å². The van der Waals surface area contributed by atoms with Crippen molar-refractivity contribution in [1.29, 1.82) is 0 Å². The summed E-state index contributed by atoms with van der Waals surface area (Å²) in [6.45, 7) is 2.84. The van der Waals surface area contributed by atoms with Crippen LogP contribution in [0.25, 0.3) is 0 Å². The van der Waals surface area contributed by atoms with Crippen molar-refractivity contribution in [2.45, 2.75) is 37.3 Å². The number of methoxy groups -OCH3 is 1. The topological polar surface area (TPSA) is 38.5 Å². The van der Waals surface area contributed by atoms with Crippen molar-refractivity contribution in [3.05, 3.63) is 35.4 Å². The van der Waals surface area contributed by atoms with Crippen molar-refractivity contribution in [3.63, 3.8) is 0 Å². The molecule has 19 heavy (non-hydrogen) atoms. The molecule has 2 atom stereocenters. The van der Waals surface area contributed by atoms with Crippen LogP contribution in [0, 0.1) is 0 Å². The Bertz CT molecular complexity index is 431. The highest BCUT2D eigenvalue weighted by Crippen LogP contribution is 2.41. The summed E-state index contributed by atoms with van der Waals surface area (Å²) in [6, 6.07) is 9.71. The van der Waals surface area contributed by atoms with E-state index >= 15 is 0 Å². The van der Waals surface area contributed by atoms with Crippen molar-refractivity contribution in [2.24, 2.45) is 5.73 Å². The standard InChI is InChI=1S/C16H24N2O/c1-19-10-9-18-8-7-15(17)16(18)14-4-2-3-13(11-14)12-5-6-12/h2-4,11-12,15-16H,5-10,17H2,1H3. The van der Waals surface area contributed by atoms with Gasteiger partial charge in [-0.15, -0.1) is 0 Å². The predicted molar refractivity (Wildman–Crippen MR) is 77.2 cm³/mol. The summed E-state index contributed by atoms with van der Waals surface area (Å²) in [6.07, 6.45) is 3.79. The van der Waals surface area contributed by atoms with Crippen molar-refractivity contribution in [1.82, 2.24) is 4.90 Å². The summed E-state index contributed by atoms with van der Waals surface area (Å²) in [4.78, 5) is 2.47. The fourth-order valence-corrected chi connectivity index (χ4v) is 3.21. The van der Waals surface area contributed by atoms with Gasteiger partial charge in [0, 0.05) is 26.2 Å². The minimum atomic E-state index is 0.256. The molecule has 1 saturated heterocycles. The molecule has 0 amide bonds. The minimum absolute atomic E-state index is 0.256. The number of hydrogen-bond donors (Lipinski definition) is 1. The lowest BCUT2D eigenvalue weighted by Crippen LogP contribution is -2.33. The monoisotopic (exact) mass is 260 g/mol. The molecule has 2 fully saturated rings. The molecule has 1 aromatic rings. The second-order valence-electron chi connectivity index (χ2n) is 5.87. The molecule has 1 aromatic carbocycles. The molecule has 104 valence electrons. The molecule has 0 bridgehead atoms. The molecule has 3 nitrogen and oxygen atoms in total. The van der Waals surface area contributed by atoms with Gasteiger partial charge in [-0.25, -0.2) is 0 Å². The zero-order valence-electron chi connectivity index (χ0n) is 11.7. The SMILES string of the molecule is COCCN1CCC(N)C1c1cccc(C2CC2)c1. The first kappa shape index (κ1) is 13.1. The van der Waals surface area contributed by atoms with Gasteiger partial charge in [0.15, 0.2) is 0 Å². The second kappa shape index (κ2) is 5.61. The highest BCUT2D eigenvalue weighted by Gasteiger charge is 2.33. The number of benzene rings is 1. The molecule has 3 heteroatoms. The van der Waals surface area contributed by atoms with E-state index in [4.69, 9.17) is 10.5 Å². The van der Waals surface area contributed by atoms with Crippen molar-refractivity contribution >= 4 is 0 Å². The van der Waals surface area contributed by atoms with Crippen molar-refractivity contribution in [3.8, 4) is 0 Å². The molecule has 0 radical (unpaired) electrons. The maximum absolute atomic E-state index is 6.33. The number of ether oxygens (including phenoxy) is 1. The maximum atomic E-state index is 6.33. The largest absolute Gasteiger partial charge is 0.383 e. The van der Waals surface area contributed by atoms with Gasteiger partial charge in [0.05, 0.1) is 12.6 Å². The Kier molecular flexibility index (Phi) is 3.87. The van der Waals surface area contributed by atoms with Crippen LogP contribution in [0.3, 0.4) is 0 Å². The van der Waals surface area contributed by atoms with Crippen LogP contribution >= 0.6 is 0 Å². The Morgan fingerprint density at radius 2 is 2.05 bits per heavy atom. The molecule has 1 saturated carbocycles. The van der Waals surface area contributed by atoms with E-state index in [0.29, 0.717) is 6.04 Å². The van der Waals surface area contributed by atoms with E-state index in [0.717, 1.165) is 32.0 Å². The third-order valence-corrected chi connectivity index (χ3v) is 4.43. The number of nitrogens with zero attached hydrogens (tertiary/aromatic N) is 1. The van der Waals surface area contributed by atoms with Gasteiger partial charge in [-0.1, -0.05) is 24.3 Å². The zero-order valence-corrected chi connectivity index (χ0v) is 11.7. The molecule has 2 N–H and O–H groups in total. The maximum Gasteiger partial charge on any atom is 0.0589 e. The molecule has 3 rings (SSSR count). The Hall–Kier alpha value is -0.900. The van der Waals surface area contributed by atoms with Gasteiger partial charge in [-0.05, 0) is 36.3 Å². The Morgan fingerprint density at radius 3 is 2.79 bits per heavy atom. The van der Waals surface area contributed by atoms with Crippen LogP contribution < -0.4 is 5.73 Å². The van der Waals surface area contributed by atoms with Crippen molar-refractivity contribution < 1.29 is 4.74 Å². The number of rotatable bonds is 5. The molecule has 0 spiro atoms. The van der Waals surface area contributed by atoms with Crippen LogP contribution in [0.2, 0.25) is 0 Å². The van der Waals surface area contributed by atoms with Crippen molar-refractivity contribution in [2.75, 3.05) is 26.8 Å². The first-order valence-electron chi connectivity index (χ1n) is 7.38. The predicted octanol–water partition coefficient (Wildman–Crippen LogP) is 2.28. The van der Waals surface area contributed by atoms with Gasteiger partial charge in [-0.3, -0.25) is 4.90 Å². The first-order valence-corrected chi connectivity index (χ1v) is 7.38. The lowest BCUT2D eigenvalue weighted by molar-refractivity contribution is 0.139. The molecule has 2 aliphatic rings. The van der Waals surface area contributed by atoms with Crippen LogP contribution in [-0.4, -0.2) is 37.7 Å². The number of likely N-dealkylation sites (tertiary alicyclic amines) is 1. The van der Waals surface area contributed by atoms with E-state index in [-0.39, 0.29) is 6.04 Å². The molecule has 1 heterocycles. The second-order valence-corrected chi connectivity index (χ2v) is 5.87. The van der Waals surface area contributed by atoms with Crippen LogP contribution in [-0.2, 0) is 4.74 Å². The zero-order chi connectivity index (χ0) is 13.2. The lowest BCUT2D eigenvalue weighted by atomic mass is 9.97. The molecular formula is C16H24N2O. The molecular weight excluding hydrogens is 236 g/mol. The van der Waals surface area contributed by atoms with Gasteiger partial charge >= 0.3 is 0 Å². The van der Waals surface area contributed by atoms with E-state index in [1.54, 1.807) is 7.11 Å². The van der Waals surface area contributed by atoms with Crippen LogP contribution in [0.1, 0.15) is 42.3 Å². The summed E-state index contributed by atoms with van der Waals surface area (Å²) in [5.41, 5.74) is 9.23. The molecule has 0 aromatic heterocycles. The fourth-order valence-electron chi connectivity index (χ4n) is 3.21. The first-order chi connectivity index (χ1) is 9.29. The quantitative estimate of drug-likeness (QED) is 0.882. The number of nitrogens with two attached hydrogens (primary N) is 1. The Morgan fingerprint density at radius 1 is 1.26 bits per heavy atom. The smallest absolute Gasteiger partial charge is 0.0589 e. The van der Waals surface area contributed by atoms with Crippen LogP contribution in [0.5, 0.6) is 0 Å². The molecule has 1 aliphatic carbocycles. The van der Waals surface area contributed by atoms with Gasteiger partial charge in [0.1, 0.15) is 0 Å². The normalized spacial score (nSPS) is 27.9. The van der Waals surface area contributed by atoms with E-state index in [9.17, 15) is 0 Å². The summed E-state index contributed by atoms with van der Waals surface area (Å²) in [5, 5.41) is 0. The Balaban J connectivity index is 1.79. The third-order valence-electron chi connectivity index (χ3n) is 4.43. The third kappa shape index (κ3) is 2.83. The van der Waals surface area contributed by atoms with E-state index in [2.05, 4.69) is 29.2 Å². The molecule has 1 aliphatic heterocycles. The van der Waals surface area contributed by atoms with Gasteiger partial charge in [-0.2, -0.15) is 0 Å². The summed E-state index contributed by atoms with van der Waals surface area (Å²) >= 11 is 0. The minimum Gasteiger partial charge on any atom is -0.383 e. The fraction of sp³-hybridized carbons (Fsp3) is 0.625. The molecule has 2 unspecified atom stereocenters. The summed E-state index contributed by atoms with van der Waals surface area (Å²) in [5.74, 6) is 0.810.